The summed E-state index contributed by atoms with van der Waals surface area (Å²) in [5.41, 5.74) is 1.82. The van der Waals surface area contributed by atoms with Crippen LogP contribution in [-0.2, 0) is 17.8 Å². The van der Waals surface area contributed by atoms with E-state index in [0.717, 1.165) is 19.4 Å². The van der Waals surface area contributed by atoms with Crippen LogP contribution in [0.4, 0.5) is 5.69 Å². The number of anilines is 1. The largest absolute Gasteiger partial charge is 0.332 e. The van der Waals surface area contributed by atoms with E-state index in [4.69, 9.17) is 4.98 Å². The highest BCUT2D eigenvalue weighted by molar-refractivity contribution is 5.94. The van der Waals surface area contributed by atoms with E-state index in [1.54, 1.807) is 17.2 Å². The van der Waals surface area contributed by atoms with E-state index in [2.05, 4.69) is 25.0 Å². The maximum atomic E-state index is 13.0. The van der Waals surface area contributed by atoms with E-state index in [0.29, 0.717) is 17.4 Å². The number of nitrogens with one attached hydrogen (secondary N) is 1. The molecule has 150 valence electrons. The second-order valence-corrected chi connectivity index (χ2v) is 7.99. The Labute approximate surface area is 169 Å². The van der Waals surface area contributed by atoms with Crippen molar-refractivity contribution in [2.24, 2.45) is 5.92 Å². The van der Waals surface area contributed by atoms with Crippen molar-refractivity contribution < 1.29 is 4.79 Å². The van der Waals surface area contributed by atoms with Crippen LogP contribution in [-0.4, -0.2) is 35.2 Å². The first-order valence-electron chi connectivity index (χ1n) is 10.4. The summed E-state index contributed by atoms with van der Waals surface area (Å²) in [5, 5.41) is 7.17. The van der Waals surface area contributed by atoms with Gasteiger partial charge in [-0.05, 0) is 31.4 Å². The summed E-state index contributed by atoms with van der Waals surface area (Å²) >= 11 is 0. The van der Waals surface area contributed by atoms with E-state index in [1.807, 2.05) is 18.3 Å². The third-order valence-electron chi connectivity index (χ3n) is 6.15. The van der Waals surface area contributed by atoms with Gasteiger partial charge in [0.1, 0.15) is 18.5 Å². The summed E-state index contributed by atoms with van der Waals surface area (Å²) in [6.07, 6.45) is 14.7. The molecule has 0 aromatic carbocycles. The van der Waals surface area contributed by atoms with Crippen molar-refractivity contribution in [3.05, 3.63) is 48.7 Å². The average Bonchev–Trinajstić information content (AvgIpc) is 3.44. The first kappa shape index (κ1) is 18.0. The molecule has 4 heterocycles. The molecule has 5 rings (SSSR count). The SMILES string of the molecule is O=C(Nc1cccnc1-n1cncn1)[C@@H]1CCn2c(cnc2C2CCCCC2)C1. The molecule has 1 saturated carbocycles. The van der Waals surface area contributed by atoms with E-state index in [-0.39, 0.29) is 11.8 Å². The molecule has 8 nitrogen and oxygen atoms in total. The molecule has 1 N–H and O–H groups in total. The number of rotatable bonds is 4. The van der Waals surface area contributed by atoms with Crippen molar-refractivity contribution in [3.63, 3.8) is 0 Å². The Morgan fingerprint density at radius 2 is 2.03 bits per heavy atom. The minimum absolute atomic E-state index is 0.0195. The number of carbonyl (C=O) groups excluding carboxylic acids is 1. The second-order valence-electron chi connectivity index (χ2n) is 7.99. The zero-order valence-electron chi connectivity index (χ0n) is 16.4. The maximum Gasteiger partial charge on any atom is 0.228 e. The highest BCUT2D eigenvalue weighted by Gasteiger charge is 2.29. The third-order valence-corrected chi connectivity index (χ3v) is 6.15. The average molecular weight is 391 g/mol. The van der Waals surface area contributed by atoms with E-state index in [1.165, 1.54) is 49.9 Å². The van der Waals surface area contributed by atoms with Crippen molar-refractivity contribution in [2.45, 2.75) is 57.4 Å². The lowest BCUT2D eigenvalue weighted by molar-refractivity contribution is -0.120. The highest BCUT2D eigenvalue weighted by atomic mass is 16.1. The molecule has 0 bridgehead atoms. The first-order chi connectivity index (χ1) is 14.3. The fourth-order valence-corrected chi connectivity index (χ4v) is 4.63. The molecule has 2 aliphatic rings. The maximum absolute atomic E-state index is 13.0. The van der Waals surface area contributed by atoms with E-state index < -0.39 is 0 Å². The lowest BCUT2D eigenvalue weighted by Crippen LogP contribution is -2.31. The Bertz CT molecular complexity index is 988. The Hall–Kier alpha value is -3.03. The highest BCUT2D eigenvalue weighted by Crippen LogP contribution is 2.34. The number of pyridine rings is 1. The van der Waals surface area contributed by atoms with Crippen LogP contribution in [0.15, 0.2) is 37.2 Å². The summed E-state index contributed by atoms with van der Waals surface area (Å²) in [7, 11) is 0. The van der Waals surface area contributed by atoms with Gasteiger partial charge >= 0.3 is 0 Å². The van der Waals surface area contributed by atoms with Gasteiger partial charge in [-0.3, -0.25) is 4.79 Å². The van der Waals surface area contributed by atoms with Crippen LogP contribution in [0.25, 0.3) is 5.82 Å². The fraction of sp³-hybridized carbons (Fsp3) is 0.476. The number of hydrogen-bond donors (Lipinski definition) is 1. The van der Waals surface area contributed by atoms with Crippen molar-refractivity contribution in [1.82, 2.24) is 29.3 Å². The van der Waals surface area contributed by atoms with Gasteiger partial charge in [0.15, 0.2) is 5.82 Å². The molecule has 1 aliphatic heterocycles. The zero-order chi connectivity index (χ0) is 19.6. The minimum atomic E-state index is -0.0674. The van der Waals surface area contributed by atoms with Gasteiger partial charge in [-0.2, -0.15) is 5.10 Å². The van der Waals surface area contributed by atoms with Gasteiger partial charge in [-0.25, -0.2) is 19.6 Å². The van der Waals surface area contributed by atoms with Crippen LogP contribution in [0, 0.1) is 5.92 Å². The van der Waals surface area contributed by atoms with E-state index in [9.17, 15) is 4.79 Å². The van der Waals surface area contributed by atoms with Crippen molar-refractivity contribution >= 4 is 11.6 Å². The Balaban J connectivity index is 1.30. The molecular formula is C21H25N7O. The summed E-state index contributed by atoms with van der Waals surface area (Å²) < 4.78 is 3.92. The number of carbonyl (C=O) groups is 1. The molecule has 0 unspecified atom stereocenters. The predicted octanol–water partition coefficient (Wildman–Crippen LogP) is 3.11. The normalized spacial score (nSPS) is 19.7. The van der Waals surface area contributed by atoms with Crippen LogP contribution in [0.1, 0.15) is 56.0 Å². The molecule has 1 amide bonds. The van der Waals surface area contributed by atoms with Crippen molar-refractivity contribution in [2.75, 3.05) is 5.32 Å². The number of imidazole rings is 1. The number of nitrogens with zero attached hydrogens (tertiary/aromatic N) is 6. The summed E-state index contributed by atoms with van der Waals surface area (Å²) in [4.78, 5) is 26.0. The van der Waals surface area contributed by atoms with Crippen molar-refractivity contribution in [1.29, 1.82) is 0 Å². The van der Waals surface area contributed by atoms with E-state index >= 15 is 0 Å². The first-order valence-corrected chi connectivity index (χ1v) is 10.4. The standard InChI is InChI=1S/C21H25N7O/c29-21(26-18-7-4-9-23-20(18)28-14-22-13-25-28)16-8-10-27-17(11-16)12-24-19(27)15-5-2-1-3-6-15/h4,7,9,12-16H,1-3,5-6,8,10-11H2,(H,26,29)/t16-/m1/s1. The predicted molar refractivity (Wildman–Crippen MR) is 108 cm³/mol. The minimum Gasteiger partial charge on any atom is -0.332 e. The summed E-state index contributed by atoms with van der Waals surface area (Å²) in [6, 6.07) is 3.65. The quantitative estimate of drug-likeness (QED) is 0.738. The van der Waals surface area contributed by atoms with Gasteiger partial charge in [0.2, 0.25) is 5.91 Å². The molecule has 1 aliphatic carbocycles. The van der Waals surface area contributed by atoms with Gasteiger partial charge < -0.3 is 9.88 Å². The number of amides is 1. The third kappa shape index (κ3) is 3.54. The Morgan fingerprint density at radius 3 is 2.86 bits per heavy atom. The molecule has 3 aromatic heterocycles. The Morgan fingerprint density at radius 1 is 1.14 bits per heavy atom. The zero-order valence-corrected chi connectivity index (χ0v) is 16.4. The van der Waals surface area contributed by atoms with Crippen LogP contribution in [0.2, 0.25) is 0 Å². The second kappa shape index (κ2) is 7.77. The van der Waals surface area contributed by atoms with Gasteiger partial charge in [-0.1, -0.05) is 19.3 Å². The smallest absolute Gasteiger partial charge is 0.228 e. The molecular weight excluding hydrogens is 366 g/mol. The molecule has 1 fully saturated rings. The van der Waals surface area contributed by atoms with Crippen LogP contribution < -0.4 is 5.32 Å². The molecule has 29 heavy (non-hydrogen) atoms. The lowest BCUT2D eigenvalue weighted by Gasteiger charge is -2.27. The molecule has 3 aromatic rings. The molecule has 0 saturated heterocycles. The summed E-state index contributed by atoms with van der Waals surface area (Å²) in [5.74, 6) is 2.34. The van der Waals surface area contributed by atoms with Crippen LogP contribution in [0.5, 0.6) is 0 Å². The van der Waals surface area contributed by atoms with Crippen LogP contribution >= 0.6 is 0 Å². The monoisotopic (exact) mass is 391 g/mol. The Kier molecular flexibility index (Phi) is 4.83. The summed E-state index contributed by atoms with van der Waals surface area (Å²) in [6.45, 7) is 0.863. The number of aromatic nitrogens is 6. The fourth-order valence-electron chi connectivity index (χ4n) is 4.63. The number of fused-ring (bicyclic) bond motifs is 1. The van der Waals surface area contributed by atoms with Gasteiger partial charge in [-0.15, -0.1) is 0 Å². The molecule has 0 spiro atoms. The van der Waals surface area contributed by atoms with Crippen molar-refractivity contribution in [3.8, 4) is 5.82 Å². The lowest BCUT2D eigenvalue weighted by atomic mass is 9.88. The molecule has 0 radical (unpaired) electrons. The van der Waals surface area contributed by atoms with Gasteiger partial charge in [0.05, 0.1) is 5.69 Å². The van der Waals surface area contributed by atoms with Crippen LogP contribution in [0.3, 0.4) is 0 Å². The topological polar surface area (TPSA) is 90.5 Å². The molecule has 1 atom stereocenters. The van der Waals surface area contributed by atoms with Gasteiger partial charge in [0.25, 0.3) is 0 Å². The van der Waals surface area contributed by atoms with Gasteiger partial charge in [0, 0.05) is 42.9 Å². The molecule has 8 heteroatoms. The number of hydrogen-bond acceptors (Lipinski definition) is 5.